The molecule has 1 unspecified atom stereocenters. The first-order chi connectivity index (χ1) is 16.5. The fourth-order valence-corrected chi connectivity index (χ4v) is 6.69. The number of para-hydroxylation sites is 1. The molecular formula is C26H28N2O6S. The molecule has 2 saturated heterocycles. The summed E-state index contributed by atoms with van der Waals surface area (Å²) in [6.07, 6.45) is 0.213. The molecule has 9 heteroatoms. The molecule has 35 heavy (non-hydrogen) atoms. The number of aliphatic carboxylic acids is 1. The summed E-state index contributed by atoms with van der Waals surface area (Å²) < 4.78 is 5.44. The predicted molar refractivity (Wildman–Crippen MR) is 131 cm³/mol. The predicted octanol–water partition coefficient (Wildman–Crippen LogP) is 2.96. The van der Waals surface area contributed by atoms with Crippen molar-refractivity contribution in [2.24, 2.45) is 0 Å². The Kier molecular flexibility index (Phi) is 6.17. The number of carboxylic acids is 1. The summed E-state index contributed by atoms with van der Waals surface area (Å²) in [4.78, 5) is 53.6. The van der Waals surface area contributed by atoms with Crippen molar-refractivity contribution in [2.45, 2.75) is 61.4 Å². The molecule has 2 amide bonds. The van der Waals surface area contributed by atoms with Crippen molar-refractivity contribution >= 4 is 35.3 Å². The summed E-state index contributed by atoms with van der Waals surface area (Å²) in [5.41, 5.74) is -2.84. The number of Topliss-reactive ketones (excluding diaryl/α,β-unsaturated/α-hetero) is 1. The van der Waals surface area contributed by atoms with Gasteiger partial charge in [-0.15, -0.1) is 11.8 Å². The molecule has 0 spiro atoms. The normalized spacial score (nSPS) is 26.2. The minimum atomic E-state index is -1.88. The molecule has 2 heterocycles. The smallest absolute Gasteiger partial charge is 0.327 e. The maximum atomic E-state index is 14.0. The summed E-state index contributed by atoms with van der Waals surface area (Å²) >= 11 is 1.20. The molecule has 2 aliphatic rings. The highest BCUT2D eigenvalue weighted by atomic mass is 32.2. The molecule has 2 aromatic rings. The molecule has 4 atom stereocenters. The fraction of sp³-hybridized carbons (Fsp3) is 0.385. The van der Waals surface area contributed by atoms with Crippen LogP contribution >= 0.6 is 11.8 Å². The standard InChI is InChI=1S/C26H28N2O6S/c1-5-25(17-12-8-6-9-13-17,34-18-14-10-7-11-15-18)21(32)27-26(16(2)29)22(33)28-19(20(30)31)24(3,4)35-23(26)28/h6-15,19,23H,5H2,1-4H3,(H,27,32)(H,30,31)/t19-,23+,25?,26-/m0/s1. The lowest BCUT2D eigenvalue weighted by molar-refractivity contribution is -0.173. The molecule has 8 nitrogen and oxygen atoms in total. The zero-order valence-corrected chi connectivity index (χ0v) is 20.8. The number of hydrogen-bond donors (Lipinski definition) is 2. The van der Waals surface area contributed by atoms with Gasteiger partial charge in [-0.2, -0.15) is 0 Å². The zero-order chi connectivity index (χ0) is 25.6. The second-order valence-electron chi connectivity index (χ2n) is 9.31. The monoisotopic (exact) mass is 496 g/mol. The van der Waals surface area contributed by atoms with Gasteiger partial charge < -0.3 is 20.1 Å². The van der Waals surface area contributed by atoms with E-state index < -0.39 is 50.9 Å². The Bertz CT molecular complexity index is 1170. The molecule has 0 saturated carbocycles. The van der Waals surface area contributed by atoms with E-state index in [-0.39, 0.29) is 6.42 Å². The second kappa shape index (κ2) is 8.71. The Labute approximate surface area is 208 Å². The lowest BCUT2D eigenvalue weighted by atomic mass is 9.79. The highest BCUT2D eigenvalue weighted by Crippen LogP contribution is 2.55. The average molecular weight is 497 g/mol. The van der Waals surface area contributed by atoms with Crippen LogP contribution in [0.2, 0.25) is 0 Å². The van der Waals surface area contributed by atoms with Crippen LogP contribution in [0.25, 0.3) is 0 Å². The molecule has 184 valence electrons. The number of ketones is 1. The Morgan fingerprint density at radius 3 is 2.17 bits per heavy atom. The molecule has 2 N–H and O–H groups in total. The topological polar surface area (TPSA) is 113 Å². The van der Waals surface area contributed by atoms with Crippen molar-refractivity contribution in [1.29, 1.82) is 0 Å². The number of hydrogen-bond acceptors (Lipinski definition) is 6. The van der Waals surface area contributed by atoms with E-state index in [0.717, 1.165) is 0 Å². The van der Waals surface area contributed by atoms with Crippen LogP contribution in [-0.2, 0) is 24.8 Å². The van der Waals surface area contributed by atoms with E-state index in [1.807, 2.05) is 12.1 Å². The van der Waals surface area contributed by atoms with Crippen molar-refractivity contribution in [3.05, 3.63) is 66.2 Å². The molecule has 2 aliphatic heterocycles. The van der Waals surface area contributed by atoms with Gasteiger partial charge in [0.05, 0.1) is 0 Å². The maximum absolute atomic E-state index is 14.0. The van der Waals surface area contributed by atoms with Crippen molar-refractivity contribution in [1.82, 2.24) is 10.2 Å². The van der Waals surface area contributed by atoms with Crippen molar-refractivity contribution in [2.75, 3.05) is 0 Å². The van der Waals surface area contributed by atoms with Gasteiger partial charge >= 0.3 is 5.97 Å². The van der Waals surface area contributed by atoms with Gasteiger partial charge in [-0.3, -0.25) is 14.4 Å². The third-order valence-corrected chi connectivity index (χ3v) is 8.42. The van der Waals surface area contributed by atoms with Crippen LogP contribution in [0.3, 0.4) is 0 Å². The van der Waals surface area contributed by atoms with E-state index >= 15 is 0 Å². The number of amides is 2. The number of nitrogens with zero attached hydrogens (tertiary/aromatic N) is 1. The molecule has 0 aromatic heterocycles. The minimum absolute atomic E-state index is 0.213. The Morgan fingerprint density at radius 2 is 1.66 bits per heavy atom. The lowest BCUT2D eigenvalue weighted by Crippen LogP contribution is -2.83. The Balaban J connectivity index is 1.76. The number of carboxylic acid groups (broad SMARTS) is 1. The maximum Gasteiger partial charge on any atom is 0.327 e. The number of fused-ring (bicyclic) bond motifs is 1. The van der Waals surface area contributed by atoms with E-state index in [0.29, 0.717) is 11.3 Å². The highest BCUT2D eigenvalue weighted by molar-refractivity contribution is 8.01. The summed E-state index contributed by atoms with van der Waals surface area (Å²) in [5, 5.41) is 11.7. The number of thioether (sulfide) groups is 1. The molecule has 4 rings (SSSR count). The van der Waals surface area contributed by atoms with Gasteiger partial charge in [-0.1, -0.05) is 55.5 Å². The number of carbonyl (C=O) groups excluding carboxylic acids is 3. The molecule has 2 fully saturated rings. The Morgan fingerprint density at radius 1 is 1.09 bits per heavy atom. The fourth-order valence-electron chi connectivity index (χ4n) is 4.94. The molecule has 0 aliphatic carbocycles. The third-order valence-electron chi connectivity index (χ3n) is 6.79. The van der Waals surface area contributed by atoms with Crippen LogP contribution < -0.4 is 10.1 Å². The first-order valence-corrected chi connectivity index (χ1v) is 12.3. The van der Waals surface area contributed by atoms with Gasteiger partial charge in [0, 0.05) is 10.3 Å². The van der Waals surface area contributed by atoms with Crippen LogP contribution in [-0.4, -0.2) is 55.3 Å². The van der Waals surface area contributed by atoms with E-state index in [1.54, 1.807) is 69.3 Å². The van der Waals surface area contributed by atoms with Crippen molar-refractivity contribution in [3.63, 3.8) is 0 Å². The van der Waals surface area contributed by atoms with Crippen molar-refractivity contribution < 1.29 is 29.0 Å². The number of nitrogens with one attached hydrogen (secondary N) is 1. The number of rotatable bonds is 8. The summed E-state index contributed by atoms with van der Waals surface area (Å²) in [6.45, 7) is 6.46. The summed E-state index contributed by atoms with van der Waals surface area (Å²) in [5.74, 6) is -2.61. The minimum Gasteiger partial charge on any atom is -0.480 e. The van der Waals surface area contributed by atoms with Gasteiger partial charge in [0.15, 0.2) is 5.78 Å². The SMILES string of the molecule is CCC(Oc1ccccc1)(C(=O)N[C@@]1(C(C)=O)C(=O)N2[C@@H](C(=O)O)C(C)(C)S[C@@H]21)c1ccccc1. The number of benzene rings is 2. The molecule has 0 bridgehead atoms. The summed E-state index contributed by atoms with van der Waals surface area (Å²) in [7, 11) is 0. The van der Waals surface area contributed by atoms with Crippen molar-refractivity contribution in [3.8, 4) is 5.75 Å². The van der Waals surface area contributed by atoms with Crippen LogP contribution in [0.4, 0.5) is 0 Å². The number of ether oxygens (including phenoxy) is 1. The van der Waals surface area contributed by atoms with Gasteiger partial charge in [0.2, 0.25) is 11.1 Å². The summed E-state index contributed by atoms with van der Waals surface area (Å²) in [6, 6.07) is 16.6. The van der Waals surface area contributed by atoms with Gasteiger partial charge in [0.25, 0.3) is 11.8 Å². The highest BCUT2D eigenvalue weighted by Gasteiger charge is 2.74. The first-order valence-electron chi connectivity index (χ1n) is 11.4. The van der Waals surface area contributed by atoms with Gasteiger partial charge in [0.1, 0.15) is 17.2 Å². The lowest BCUT2D eigenvalue weighted by Gasteiger charge is -2.52. The van der Waals surface area contributed by atoms with E-state index in [2.05, 4.69) is 5.32 Å². The molecular weight excluding hydrogens is 468 g/mol. The number of carbonyl (C=O) groups is 4. The molecule has 0 radical (unpaired) electrons. The van der Waals surface area contributed by atoms with Crippen LogP contribution in [0.1, 0.15) is 39.7 Å². The Hall–Kier alpha value is -3.33. The third kappa shape index (κ3) is 3.69. The average Bonchev–Trinajstić information content (AvgIpc) is 3.10. The van der Waals surface area contributed by atoms with E-state index in [1.165, 1.54) is 23.6 Å². The molecule has 2 aromatic carbocycles. The van der Waals surface area contributed by atoms with Gasteiger partial charge in [-0.05, 0) is 39.3 Å². The van der Waals surface area contributed by atoms with E-state index in [4.69, 9.17) is 4.74 Å². The van der Waals surface area contributed by atoms with Gasteiger partial charge in [-0.25, -0.2) is 4.79 Å². The first kappa shape index (κ1) is 24.8. The largest absolute Gasteiger partial charge is 0.480 e. The zero-order valence-electron chi connectivity index (χ0n) is 20.0. The van der Waals surface area contributed by atoms with Crippen LogP contribution in [0.5, 0.6) is 5.75 Å². The number of β-lactam (4-membered cyclic amide) rings is 1. The second-order valence-corrected chi connectivity index (χ2v) is 11.0. The van der Waals surface area contributed by atoms with E-state index in [9.17, 15) is 24.3 Å². The van der Waals surface area contributed by atoms with Crippen LogP contribution in [0, 0.1) is 0 Å². The van der Waals surface area contributed by atoms with Crippen LogP contribution in [0.15, 0.2) is 60.7 Å². The quantitative estimate of drug-likeness (QED) is 0.427.